The van der Waals surface area contributed by atoms with Crippen molar-refractivity contribution in [3.05, 3.63) is 30.1 Å². The predicted octanol–water partition coefficient (Wildman–Crippen LogP) is 1.52. The number of carboxylic acids is 1. The molecule has 27 heavy (non-hydrogen) atoms. The number of aliphatic carboxylic acids is 1. The van der Waals surface area contributed by atoms with Gasteiger partial charge in [0, 0.05) is 33.2 Å². The number of carbonyl (C=O) groups is 3. The number of carboxylic acid groups (broad SMARTS) is 1. The van der Waals surface area contributed by atoms with E-state index < -0.39 is 23.1 Å². The first kappa shape index (κ1) is 19.3. The van der Waals surface area contributed by atoms with Crippen molar-refractivity contribution in [2.45, 2.75) is 19.3 Å². The standard InChI is InChI=1S/C19H23FN2O5/c1-27-12-19(18(25)26)7-4-8-21(11-19)17(24)13-9-16(23)22(10-13)15-6-3-2-5-14(15)20/h2-3,5-6,13H,4,7-12H2,1H3,(H,25,26). The summed E-state index contributed by atoms with van der Waals surface area (Å²) < 4.78 is 19.1. The molecule has 0 radical (unpaired) electrons. The zero-order valence-corrected chi connectivity index (χ0v) is 15.2. The maximum absolute atomic E-state index is 14.0. The van der Waals surface area contributed by atoms with Gasteiger partial charge in [-0.1, -0.05) is 12.1 Å². The van der Waals surface area contributed by atoms with Gasteiger partial charge in [0.25, 0.3) is 0 Å². The number of carbonyl (C=O) groups excluding carboxylic acids is 2. The molecule has 1 N–H and O–H groups in total. The Bertz CT molecular complexity index is 751. The third-order valence-corrected chi connectivity index (χ3v) is 5.38. The summed E-state index contributed by atoms with van der Waals surface area (Å²) in [5.74, 6) is -2.68. The second-order valence-corrected chi connectivity index (χ2v) is 7.24. The quantitative estimate of drug-likeness (QED) is 0.839. The van der Waals surface area contributed by atoms with E-state index in [1.807, 2.05) is 0 Å². The topological polar surface area (TPSA) is 87.1 Å². The fourth-order valence-electron chi connectivity index (χ4n) is 3.98. The number of hydrogen-bond donors (Lipinski definition) is 1. The minimum absolute atomic E-state index is 0.00594. The number of ether oxygens (including phenoxy) is 1. The number of likely N-dealkylation sites (tertiary alicyclic amines) is 1. The van der Waals surface area contributed by atoms with Crippen molar-refractivity contribution in [3.63, 3.8) is 0 Å². The number of amides is 2. The molecule has 0 spiro atoms. The first-order valence-corrected chi connectivity index (χ1v) is 8.94. The molecule has 7 nitrogen and oxygen atoms in total. The van der Waals surface area contributed by atoms with Gasteiger partial charge in [0.2, 0.25) is 11.8 Å². The van der Waals surface area contributed by atoms with Gasteiger partial charge in [-0.3, -0.25) is 14.4 Å². The van der Waals surface area contributed by atoms with E-state index in [1.165, 1.54) is 35.1 Å². The van der Waals surface area contributed by atoms with Gasteiger partial charge in [0.15, 0.2) is 0 Å². The molecular weight excluding hydrogens is 355 g/mol. The highest BCUT2D eigenvalue weighted by molar-refractivity contribution is 6.00. The van der Waals surface area contributed by atoms with Gasteiger partial charge in [-0.15, -0.1) is 0 Å². The first-order valence-electron chi connectivity index (χ1n) is 8.94. The summed E-state index contributed by atoms with van der Waals surface area (Å²) in [6.07, 6.45) is 0.984. The number of para-hydroxylation sites is 1. The molecule has 2 heterocycles. The molecule has 1 aromatic rings. The van der Waals surface area contributed by atoms with Crippen LogP contribution in [0.3, 0.4) is 0 Å². The number of nitrogens with zero attached hydrogens (tertiary/aromatic N) is 2. The van der Waals surface area contributed by atoms with E-state index in [0.29, 0.717) is 19.4 Å². The Balaban J connectivity index is 1.74. The molecule has 0 aliphatic carbocycles. The summed E-state index contributed by atoms with van der Waals surface area (Å²) in [7, 11) is 1.44. The van der Waals surface area contributed by atoms with Crippen LogP contribution in [0.15, 0.2) is 24.3 Å². The number of rotatable bonds is 5. The monoisotopic (exact) mass is 378 g/mol. The molecule has 2 aliphatic rings. The van der Waals surface area contributed by atoms with Crippen molar-refractivity contribution >= 4 is 23.5 Å². The lowest BCUT2D eigenvalue weighted by Crippen LogP contribution is -2.53. The number of anilines is 1. The largest absolute Gasteiger partial charge is 0.481 e. The normalized spacial score (nSPS) is 25.7. The summed E-state index contributed by atoms with van der Waals surface area (Å²) in [4.78, 5) is 39.8. The van der Waals surface area contributed by atoms with E-state index in [4.69, 9.17) is 4.74 Å². The molecule has 146 valence electrons. The minimum atomic E-state index is -1.13. The van der Waals surface area contributed by atoms with Crippen LogP contribution < -0.4 is 4.90 Å². The van der Waals surface area contributed by atoms with E-state index in [9.17, 15) is 23.9 Å². The molecule has 8 heteroatoms. The SMILES string of the molecule is COCC1(C(=O)O)CCCN(C(=O)C2CC(=O)N(c3ccccc3F)C2)C1. The van der Waals surface area contributed by atoms with Crippen LogP contribution >= 0.6 is 0 Å². The van der Waals surface area contributed by atoms with Crippen molar-refractivity contribution in [3.8, 4) is 0 Å². The number of hydrogen-bond acceptors (Lipinski definition) is 4. The van der Waals surface area contributed by atoms with Crippen molar-refractivity contribution in [1.82, 2.24) is 4.90 Å². The lowest BCUT2D eigenvalue weighted by atomic mass is 9.80. The number of halogens is 1. The second-order valence-electron chi connectivity index (χ2n) is 7.24. The Kier molecular flexibility index (Phi) is 5.46. The summed E-state index contributed by atoms with van der Waals surface area (Å²) in [5.41, 5.74) is -0.966. The molecule has 0 aromatic heterocycles. The molecule has 2 atom stereocenters. The Hall–Kier alpha value is -2.48. The highest BCUT2D eigenvalue weighted by Crippen LogP contribution is 2.34. The van der Waals surface area contributed by atoms with Gasteiger partial charge in [-0.25, -0.2) is 4.39 Å². The van der Waals surface area contributed by atoms with Crippen LogP contribution in [0, 0.1) is 17.2 Å². The molecular formula is C19H23FN2O5. The van der Waals surface area contributed by atoms with Crippen LogP contribution in [0.5, 0.6) is 0 Å². The average Bonchev–Trinajstić information content (AvgIpc) is 3.03. The number of methoxy groups -OCH3 is 1. The molecule has 2 unspecified atom stereocenters. The van der Waals surface area contributed by atoms with Crippen molar-refractivity contribution in [2.75, 3.05) is 38.3 Å². The molecule has 2 amide bonds. The Morgan fingerprint density at radius 1 is 1.37 bits per heavy atom. The lowest BCUT2D eigenvalue weighted by Gasteiger charge is -2.40. The smallest absolute Gasteiger partial charge is 0.313 e. The van der Waals surface area contributed by atoms with E-state index in [1.54, 1.807) is 6.07 Å². The highest BCUT2D eigenvalue weighted by atomic mass is 19.1. The van der Waals surface area contributed by atoms with Crippen LogP contribution in [0.25, 0.3) is 0 Å². The highest BCUT2D eigenvalue weighted by Gasteiger charge is 2.46. The second kappa shape index (κ2) is 7.64. The van der Waals surface area contributed by atoms with E-state index in [-0.39, 0.29) is 43.6 Å². The lowest BCUT2D eigenvalue weighted by molar-refractivity contribution is -0.160. The zero-order chi connectivity index (χ0) is 19.6. The molecule has 2 fully saturated rings. The molecule has 0 bridgehead atoms. The first-order chi connectivity index (χ1) is 12.9. The van der Waals surface area contributed by atoms with E-state index in [2.05, 4.69) is 0 Å². The van der Waals surface area contributed by atoms with Gasteiger partial charge < -0.3 is 19.6 Å². The zero-order valence-electron chi connectivity index (χ0n) is 15.2. The van der Waals surface area contributed by atoms with Crippen LogP contribution in [-0.4, -0.2) is 61.1 Å². The molecule has 3 rings (SSSR count). The number of benzene rings is 1. The molecule has 2 saturated heterocycles. The van der Waals surface area contributed by atoms with Crippen LogP contribution in [0.2, 0.25) is 0 Å². The van der Waals surface area contributed by atoms with Crippen molar-refractivity contribution in [1.29, 1.82) is 0 Å². The van der Waals surface area contributed by atoms with Gasteiger partial charge in [-0.05, 0) is 25.0 Å². The molecule has 2 aliphatic heterocycles. The van der Waals surface area contributed by atoms with Crippen molar-refractivity contribution in [2.24, 2.45) is 11.3 Å². The summed E-state index contributed by atoms with van der Waals surface area (Å²) in [6.45, 7) is 0.623. The van der Waals surface area contributed by atoms with Crippen LogP contribution in [0.4, 0.5) is 10.1 Å². The predicted molar refractivity (Wildman–Crippen MR) is 94.6 cm³/mol. The third-order valence-electron chi connectivity index (χ3n) is 5.38. The van der Waals surface area contributed by atoms with Gasteiger partial charge in [0.05, 0.1) is 18.2 Å². The maximum atomic E-state index is 14.0. The van der Waals surface area contributed by atoms with Gasteiger partial charge in [0.1, 0.15) is 11.2 Å². The number of piperidine rings is 1. The molecule has 1 aromatic carbocycles. The summed E-state index contributed by atoms with van der Waals surface area (Å²) in [5, 5.41) is 9.63. The Morgan fingerprint density at radius 3 is 2.78 bits per heavy atom. The van der Waals surface area contributed by atoms with Crippen molar-refractivity contribution < 1.29 is 28.6 Å². The fraction of sp³-hybridized carbons (Fsp3) is 0.526. The summed E-state index contributed by atoms with van der Waals surface area (Å²) >= 11 is 0. The van der Waals surface area contributed by atoms with E-state index >= 15 is 0 Å². The fourth-order valence-corrected chi connectivity index (χ4v) is 3.98. The Labute approximate surface area is 156 Å². The maximum Gasteiger partial charge on any atom is 0.313 e. The van der Waals surface area contributed by atoms with Crippen LogP contribution in [0.1, 0.15) is 19.3 Å². The third kappa shape index (κ3) is 3.66. The molecule has 0 saturated carbocycles. The van der Waals surface area contributed by atoms with Gasteiger partial charge >= 0.3 is 5.97 Å². The minimum Gasteiger partial charge on any atom is -0.481 e. The van der Waals surface area contributed by atoms with Crippen LogP contribution in [-0.2, 0) is 19.1 Å². The Morgan fingerprint density at radius 2 is 2.11 bits per heavy atom. The summed E-state index contributed by atoms with van der Waals surface area (Å²) in [6, 6.07) is 5.96. The van der Waals surface area contributed by atoms with E-state index in [0.717, 1.165) is 0 Å². The average molecular weight is 378 g/mol. The van der Waals surface area contributed by atoms with Gasteiger partial charge in [-0.2, -0.15) is 0 Å².